The summed E-state index contributed by atoms with van der Waals surface area (Å²) < 4.78 is 0.552. The lowest BCUT2D eigenvalue weighted by Crippen LogP contribution is -2.27. The summed E-state index contributed by atoms with van der Waals surface area (Å²) >= 11 is 0. The van der Waals surface area contributed by atoms with Crippen LogP contribution in [0.1, 0.15) is 6.42 Å². The summed E-state index contributed by atoms with van der Waals surface area (Å²) in [6.45, 7) is -0.0103. The Balaban J connectivity index is 2.35. The summed E-state index contributed by atoms with van der Waals surface area (Å²) in [5, 5.41) is 20.7. The fraction of sp³-hybridized carbons (Fsp3) is 0.182. The van der Waals surface area contributed by atoms with Gasteiger partial charge in [-0.3, -0.25) is 9.59 Å². The minimum atomic E-state index is -0.763. The topological polar surface area (TPSA) is 118 Å². The number of aromatic hydroxyl groups is 2. The summed E-state index contributed by atoms with van der Waals surface area (Å²) in [4.78, 5) is 36.9. The fourth-order valence-electron chi connectivity index (χ4n) is 1.12. The summed E-state index contributed by atoms with van der Waals surface area (Å²) in [5.41, 5.74) is 0. The molecule has 0 aliphatic rings. The number of nitrogens with one attached hydrogen (secondary N) is 1. The van der Waals surface area contributed by atoms with Crippen molar-refractivity contribution in [3.8, 4) is 11.8 Å². The third-order valence-electron chi connectivity index (χ3n) is 1.95. The molecule has 0 aliphatic carbocycles. The van der Waals surface area contributed by atoms with Crippen molar-refractivity contribution in [2.24, 2.45) is 0 Å². The first-order chi connectivity index (χ1) is 9.04. The molecule has 0 radical (unpaired) electrons. The average molecular weight is 268 g/mol. The molecule has 102 valence electrons. The normalized spacial score (nSPS) is 10.3. The van der Waals surface area contributed by atoms with Gasteiger partial charge < -0.3 is 20.4 Å². The van der Waals surface area contributed by atoms with Crippen LogP contribution in [0, 0.1) is 0 Å². The van der Waals surface area contributed by atoms with E-state index >= 15 is 0 Å². The number of carbonyl (C=O) groups excluding carboxylic acids is 3. The molecule has 8 nitrogen and oxygen atoms in total. The van der Waals surface area contributed by atoms with E-state index in [4.69, 9.17) is 0 Å². The van der Waals surface area contributed by atoms with Gasteiger partial charge in [0.05, 0.1) is 6.42 Å². The first kappa shape index (κ1) is 14.3. The molecule has 1 aromatic heterocycles. The molecule has 1 rings (SSSR count). The van der Waals surface area contributed by atoms with Gasteiger partial charge in [-0.25, -0.2) is 4.79 Å². The standard InChI is InChI=1S/C11H12N2O6/c14-7-1-2-8(15)12-6-5-11(18)19-13-9(16)3-4-10(13)17/h1-4,7,16-17H,5-6H2,(H,12,15). The van der Waals surface area contributed by atoms with E-state index in [1.807, 2.05) is 0 Å². The van der Waals surface area contributed by atoms with Gasteiger partial charge in [0.1, 0.15) is 6.29 Å². The van der Waals surface area contributed by atoms with Crippen molar-refractivity contribution in [2.75, 3.05) is 6.54 Å². The number of aromatic nitrogens is 1. The Hall–Kier alpha value is -2.77. The van der Waals surface area contributed by atoms with Gasteiger partial charge in [0.15, 0.2) is 0 Å². The molecule has 3 N–H and O–H groups in total. The van der Waals surface area contributed by atoms with Gasteiger partial charge in [-0.2, -0.15) is 0 Å². The maximum absolute atomic E-state index is 11.3. The first-order valence-electron chi connectivity index (χ1n) is 5.25. The maximum atomic E-state index is 11.3. The zero-order valence-electron chi connectivity index (χ0n) is 9.78. The molecule has 1 amide bonds. The van der Waals surface area contributed by atoms with E-state index in [9.17, 15) is 24.6 Å². The van der Waals surface area contributed by atoms with E-state index < -0.39 is 23.6 Å². The van der Waals surface area contributed by atoms with Crippen molar-refractivity contribution in [2.45, 2.75) is 6.42 Å². The highest BCUT2D eigenvalue weighted by molar-refractivity contribution is 5.91. The van der Waals surface area contributed by atoms with Crippen LogP contribution in [0.15, 0.2) is 24.3 Å². The molecular weight excluding hydrogens is 256 g/mol. The van der Waals surface area contributed by atoms with Crippen molar-refractivity contribution < 1.29 is 29.4 Å². The second kappa shape index (κ2) is 6.84. The average Bonchev–Trinajstić information content (AvgIpc) is 2.68. The van der Waals surface area contributed by atoms with Gasteiger partial charge in [0.25, 0.3) is 0 Å². The number of hydrogen-bond acceptors (Lipinski definition) is 6. The lowest BCUT2D eigenvalue weighted by atomic mass is 10.4. The summed E-state index contributed by atoms with van der Waals surface area (Å²) in [7, 11) is 0. The Morgan fingerprint density at radius 3 is 2.53 bits per heavy atom. The fourth-order valence-corrected chi connectivity index (χ4v) is 1.12. The molecule has 19 heavy (non-hydrogen) atoms. The van der Waals surface area contributed by atoms with Crippen molar-refractivity contribution in [3.63, 3.8) is 0 Å². The van der Waals surface area contributed by atoms with E-state index in [1.165, 1.54) is 0 Å². The van der Waals surface area contributed by atoms with Crippen LogP contribution in [0.4, 0.5) is 0 Å². The lowest BCUT2D eigenvalue weighted by Gasteiger charge is -2.06. The molecular formula is C11H12N2O6. The Bertz CT molecular complexity index is 486. The quantitative estimate of drug-likeness (QED) is 0.455. The highest BCUT2D eigenvalue weighted by atomic mass is 16.7. The number of nitrogens with zero attached hydrogens (tertiary/aromatic N) is 1. The molecule has 0 saturated heterocycles. The van der Waals surface area contributed by atoms with Crippen LogP contribution in [0.2, 0.25) is 0 Å². The molecule has 1 heterocycles. The monoisotopic (exact) mass is 268 g/mol. The van der Waals surface area contributed by atoms with Crippen LogP contribution in [0.5, 0.6) is 11.8 Å². The molecule has 0 aromatic carbocycles. The molecule has 0 spiro atoms. The van der Waals surface area contributed by atoms with Crippen LogP contribution in [0.3, 0.4) is 0 Å². The highest BCUT2D eigenvalue weighted by Gasteiger charge is 2.11. The molecule has 0 saturated carbocycles. The van der Waals surface area contributed by atoms with Gasteiger partial charge in [-0.1, -0.05) is 0 Å². The highest BCUT2D eigenvalue weighted by Crippen LogP contribution is 2.18. The van der Waals surface area contributed by atoms with Gasteiger partial charge >= 0.3 is 5.97 Å². The number of amides is 1. The molecule has 0 atom stereocenters. The molecule has 1 aromatic rings. The van der Waals surface area contributed by atoms with Crippen molar-refractivity contribution >= 4 is 18.2 Å². The predicted molar refractivity (Wildman–Crippen MR) is 62.2 cm³/mol. The number of rotatable bonds is 6. The summed E-state index contributed by atoms with van der Waals surface area (Å²) in [6.07, 6.45) is 2.31. The van der Waals surface area contributed by atoms with Gasteiger partial charge in [0, 0.05) is 24.8 Å². The molecule has 0 aliphatic heterocycles. The van der Waals surface area contributed by atoms with Crippen LogP contribution in [0.25, 0.3) is 0 Å². The lowest BCUT2D eigenvalue weighted by molar-refractivity contribution is -0.145. The zero-order chi connectivity index (χ0) is 14.3. The van der Waals surface area contributed by atoms with E-state index in [-0.39, 0.29) is 13.0 Å². The third kappa shape index (κ3) is 4.54. The van der Waals surface area contributed by atoms with Gasteiger partial charge in [-0.15, -0.1) is 4.73 Å². The minimum Gasteiger partial charge on any atom is -0.492 e. The Kier molecular flexibility index (Phi) is 5.15. The second-order valence-electron chi connectivity index (χ2n) is 3.34. The Morgan fingerprint density at radius 1 is 1.32 bits per heavy atom. The number of aldehydes is 1. The van der Waals surface area contributed by atoms with Crippen molar-refractivity contribution in [1.82, 2.24) is 10.0 Å². The Morgan fingerprint density at radius 2 is 1.95 bits per heavy atom. The van der Waals surface area contributed by atoms with E-state index in [0.717, 1.165) is 24.3 Å². The number of hydrogen-bond donors (Lipinski definition) is 3. The van der Waals surface area contributed by atoms with E-state index in [1.54, 1.807) is 0 Å². The van der Waals surface area contributed by atoms with Crippen LogP contribution in [-0.2, 0) is 14.4 Å². The minimum absolute atomic E-state index is 0.0103. The second-order valence-corrected chi connectivity index (χ2v) is 3.34. The van der Waals surface area contributed by atoms with E-state index in [2.05, 4.69) is 10.2 Å². The Labute approximate surface area is 107 Å². The molecule has 0 bridgehead atoms. The van der Waals surface area contributed by atoms with Crippen LogP contribution >= 0.6 is 0 Å². The van der Waals surface area contributed by atoms with E-state index in [0.29, 0.717) is 11.0 Å². The smallest absolute Gasteiger partial charge is 0.334 e. The van der Waals surface area contributed by atoms with Crippen molar-refractivity contribution in [3.05, 3.63) is 24.3 Å². The maximum Gasteiger partial charge on any atom is 0.334 e. The summed E-state index contributed by atoms with van der Waals surface area (Å²) in [5.74, 6) is -2.14. The zero-order valence-corrected chi connectivity index (χ0v) is 9.78. The molecule has 0 unspecified atom stereocenters. The SMILES string of the molecule is O=CC=CC(=O)NCCC(=O)On1c(O)ccc1O. The van der Waals surface area contributed by atoms with Crippen molar-refractivity contribution in [1.29, 1.82) is 0 Å². The molecule has 8 heteroatoms. The summed E-state index contributed by atoms with van der Waals surface area (Å²) in [6, 6.07) is 2.29. The predicted octanol–water partition coefficient (Wildman–Crippen LogP) is -0.884. The largest absolute Gasteiger partial charge is 0.492 e. The van der Waals surface area contributed by atoms with Crippen LogP contribution < -0.4 is 10.2 Å². The first-order valence-corrected chi connectivity index (χ1v) is 5.25. The third-order valence-corrected chi connectivity index (χ3v) is 1.95. The number of allylic oxidation sites excluding steroid dienone is 1. The van der Waals surface area contributed by atoms with Crippen LogP contribution in [-0.4, -0.2) is 39.7 Å². The number of carbonyl (C=O) groups is 3. The van der Waals surface area contributed by atoms with Gasteiger partial charge in [0.2, 0.25) is 17.7 Å². The van der Waals surface area contributed by atoms with Gasteiger partial charge in [-0.05, 0) is 6.08 Å². The molecule has 0 fully saturated rings.